The van der Waals surface area contributed by atoms with Crippen LogP contribution in [0.2, 0.25) is 0 Å². The van der Waals surface area contributed by atoms with E-state index in [1.54, 1.807) is 23.1 Å². The molecule has 0 aliphatic carbocycles. The van der Waals surface area contributed by atoms with E-state index in [-0.39, 0.29) is 30.0 Å². The Morgan fingerprint density at radius 2 is 1.85 bits per heavy atom. The normalized spacial score (nSPS) is 21.3. The number of halogens is 1. The second-order valence-corrected chi connectivity index (χ2v) is 7.48. The number of piperidine rings is 1. The number of nitrogens with one attached hydrogen (secondary N) is 1. The topological polar surface area (TPSA) is 72.9 Å². The van der Waals surface area contributed by atoms with Gasteiger partial charge in [0.1, 0.15) is 5.75 Å². The lowest BCUT2D eigenvalue weighted by atomic mass is 9.85. The van der Waals surface area contributed by atoms with E-state index in [9.17, 15) is 14.7 Å². The molecule has 150 valence electrons. The van der Waals surface area contributed by atoms with Crippen LogP contribution in [-0.2, 0) is 4.79 Å². The van der Waals surface area contributed by atoms with Crippen molar-refractivity contribution in [3.05, 3.63) is 29.8 Å². The predicted octanol–water partition coefficient (Wildman–Crippen LogP) is 2.12. The highest BCUT2D eigenvalue weighted by molar-refractivity contribution is 5.97. The maximum absolute atomic E-state index is 12.6. The average Bonchev–Trinajstić information content (AvgIpc) is 2.68. The monoisotopic (exact) mass is 395 g/mol. The molecular formula is C20H30ClN3O3. The van der Waals surface area contributed by atoms with Gasteiger partial charge in [-0.2, -0.15) is 0 Å². The van der Waals surface area contributed by atoms with Crippen molar-refractivity contribution >= 4 is 24.2 Å². The molecule has 0 radical (unpaired) electrons. The van der Waals surface area contributed by atoms with E-state index >= 15 is 0 Å². The van der Waals surface area contributed by atoms with Gasteiger partial charge in [-0.05, 0) is 49.9 Å². The minimum absolute atomic E-state index is 0. The maximum atomic E-state index is 12.6. The number of nitrogens with zero attached hydrogens (tertiary/aromatic N) is 2. The highest BCUT2D eigenvalue weighted by Crippen LogP contribution is 2.24. The Balaban J connectivity index is 0.00000261. The third-order valence-electron chi connectivity index (χ3n) is 5.69. The zero-order valence-electron chi connectivity index (χ0n) is 15.9. The molecule has 0 spiro atoms. The number of rotatable bonds is 4. The summed E-state index contributed by atoms with van der Waals surface area (Å²) in [5, 5.41) is 13.3. The van der Waals surface area contributed by atoms with Crippen LogP contribution in [0.25, 0.3) is 0 Å². The van der Waals surface area contributed by atoms with Crippen LogP contribution in [0.4, 0.5) is 0 Å². The van der Waals surface area contributed by atoms with Gasteiger partial charge in [-0.25, -0.2) is 0 Å². The van der Waals surface area contributed by atoms with Crippen LogP contribution in [0.1, 0.15) is 36.5 Å². The Hall–Kier alpha value is -1.79. The van der Waals surface area contributed by atoms with Gasteiger partial charge in [-0.1, -0.05) is 19.1 Å². The van der Waals surface area contributed by atoms with Crippen LogP contribution in [0.3, 0.4) is 0 Å². The largest absolute Gasteiger partial charge is 0.507 e. The standard InChI is InChI=1S/C20H29N3O3.ClH/c1-15(16-5-4-8-21-14-16)13-19(25)22-9-11-23(12-10-22)20(26)17-6-2-3-7-18(17)24;/h2-3,6-7,15-16,21,24H,4-5,8-14H2,1H3;1H. The molecule has 2 amide bonds. The van der Waals surface area contributed by atoms with Crippen molar-refractivity contribution in [1.82, 2.24) is 15.1 Å². The van der Waals surface area contributed by atoms with Gasteiger partial charge < -0.3 is 20.2 Å². The predicted molar refractivity (Wildman–Crippen MR) is 107 cm³/mol. The molecule has 2 aliphatic heterocycles. The zero-order valence-corrected chi connectivity index (χ0v) is 16.7. The number of para-hydroxylation sites is 1. The molecule has 1 aromatic rings. The minimum atomic E-state index is -0.170. The molecule has 2 aliphatic rings. The number of carbonyl (C=O) groups is 2. The lowest BCUT2D eigenvalue weighted by Crippen LogP contribution is -2.51. The lowest BCUT2D eigenvalue weighted by molar-refractivity contribution is -0.134. The molecule has 2 saturated heterocycles. The van der Waals surface area contributed by atoms with E-state index in [0.717, 1.165) is 13.1 Å². The van der Waals surface area contributed by atoms with Crippen molar-refractivity contribution in [2.45, 2.75) is 26.2 Å². The third-order valence-corrected chi connectivity index (χ3v) is 5.69. The molecule has 0 bridgehead atoms. The zero-order chi connectivity index (χ0) is 18.5. The Morgan fingerprint density at radius 1 is 1.19 bits per heavy atom. The lowest BCUT2D eigenvalue weighted by Gasteiger charge is -2.36. The van der Waals surface area contributed by atoms with Crippen molar-refractivity contribution in [2.24, 2.45) is 11.8 Å². The Morgan fingerprint density at radius 3 is 2.48 bits per heavy atom. The highest BCUT2D eigenvalue weighted by Gasteiger charge is 2.28. The minimum Gasteiger partial charge on any atom is -0.507 e. The van der Waals surface area contributed by atoms with Gasteiger partial charge in [0, 0.05) is 32.6 Å². The molecule has 1 aromatic carbocycles. The number of carbonyl (C=O) groups excluding carboxylic acids is 2. The first-order chi connectivity index (χ1) is 12.6. The van der Waals surface area contributed by atoms with Gasteiger partial charge in [0.2, 0.25) is 5.91 Å². The molecule has 7 heteroatoms. The smallest absolute Gasteiger partial charge is 0.257 e. The summed E-state index contributed by atoms with van der Waals surface area (Å²) in [6.45, 7) is 6.42. The van der Waals surface area contributed by atoms with Crippen molar-refractivity contribution in [1.29, 1.82) is 0 Å². The number of aromatic hydroxyl groups is 1. The number of hydrogen-bond donors (Lipinski definition) is 2. The van der Waals surface area contributed by atoms with Crippen molar-refractivity contribution in [3.8, 4) is 5.75 Å². The molecule has 3 rings (SSSR count). The van der Waals surface area contributed by atoms with E-state index in [0.29, 0.717) is 50.0 Å². The van der Waals surface area contributed by atoms with Crippen molar-refractivity contribution < 1.29 is 14.7 Å². The van der Waals surface area contributed by atoms with Crippen LogP contribution < -0.4 is 5.32 Å². The number of piperazine rings is 1. The molecule has 27 heavy (non-hydrogen) atoms. The number of phenolic OH excluding ortho intramolecular Hbond substituents is 1. The van der Waals surface area contributed by atoms with E-state index in [1.165, 1.54) is 18.9 Å². The molecule has 2 atom stereocenters. The first kappa shape index (κ1) is 21.5. The number of hydrogen-bond acceptors (Lipinski definition) is 4. The fraction of sp³-hybridized carbons (Fsp3) is 0.600. The van der Waals surface area contributed by atoms with Crippen LogP contribution in [-0.4, -0.2) is 66.0 Å². The molecule has 2 unspecified atom stereocenters. The fourth-order valence-electron chi connectivity index (χ4n) is 3.92. The van der Waals surface area contributed by atoms with E-state index in [2.05, 4.69) is 12.2 Å². The molecule has 2 fully saturated rings. The summed E-state index contributed by atoms with van der Waals surface area (Å²) in [4.78, 5) is 28.7. The molecule has 2 N–H and O–H groups in total. The van der Waals surface area contributed by atoms with Gasteiger partial charge >= 0.3 is 0 Å². The van der Waals surface area contributed by atoms with Crippen LogP contribution in [0.5, 0.6) is 5.75 Å². The maximum Gasteiger partial charge on any atom is 0.257 e. The van der Waals surface area contributed by atoms with Gasteiger partial charge in [0.05, 0.1) is 5.56 Å². The Bertz CT molecular complexity index is 641. The van der Waals surface area contributed by atoms with Crippen molar-refractivity contribution in [2.75, 3.05) is 39.3 Å². The Labute approximate surface area is 167 Å². The summed E-state index contributed by atoms with van der Waals surface area (Å²) in [5.74, 6) is 0.994. The van der Waals surface area contributed by atoms with Crippen LogP contribution in [0, 0.1) is 11.8 Å². The molecule has 6 nitrogen and oxygen atoms in total. The van der Waals surface area contributed by atoms with Gasteiger partial charge in [0.25, 0.3) is 5.91 Å². The van der Waals surface area contributed by atoms with E-state index in [4.69, 9.17) is 0 Å². The summed E-state index contributed by atoms with van der Waals surface area (Å²) in [5.41, 5.74) is 0.325. The van der Waals surface area contributed by atoms with Gasteiger partial charge in [-0.3, -0.25) is 9.59 Å². The number of phenols is 1. The summed E-state index contributed by atoms with van der Waals surface area (Å²) in [7, 11) is 0. The first-order valence-corrected chi connectivity index (χ1v) is 9.62. The fourth-order valence-corrected chi connectivity index (χ4v) is 3.92. The summed E-state index contributed by atoms with van der Waals surface area (Å²) >= 11 is 0. The van der Waals surface area contributed by atoms with E-state index < -0.39 is 0 Å². The van der Waals surface area contributed by atoms with Gasteiger partial charge in [0.15, 0.2) is 0 Å². The molecule has 0 aromatic heterocycles. The molecular weight excluding hydrogens is 366 g/mol. The third kappa shape index (κ3) is 5.36. The first-order valence-electron chi connectivity index (χ1n) is 9.62. The molecule has 2 heterocycles. The van der Waals surface area contributed by atoms with Crippen LogP contribution in [0.15, 0.2) is 24.3 Å². The average molecular weight is 396 g/mol. The highest BCUT2D eigenvalue weighted by atomic mass is 35.5. The number of amides is 2. The quantitative estimate of drug-likeness (QED) is 0.819. The second-order valence-electron chi connectivity index (χ2n) is 7.48. The van der Waals surface area contributed by atoms with Crippen LogP contribution >= 0.6 is 12.4 Å². The second kappa shape index (κ2) is 9.95. The summed E-state index contributed by atoms with van der Waals surface area (Å²) in [6.07, 6.45) is 2.97. The number of benzene rings is 1. The van der Waals surface area contributed by atoms with Gasteiger partial charge in [-0.15, -0.1) is 12.4 Å². The molecule has 0 saturated carbocycles. The van der Waals surface area contributed by atoms with Crippen molar-refractivity contribution in [3.63, 3.8) is 0 Å². The SMILES string of the molecule is CC(CC(=O)N1CCN(C(=O)c2ccccc2O)CC1)C1CCCNC1.Cl. The summed E-state index contributed by atoms with van der Waals surface area (Å²) < 4.78 is 0. The summed E-state index contributed by atoms with van der Waals surface area (Å²) in [6, 6.07) is 6.60. The van der Waals surface area contributed by atoms with E-state index in [1.807, 2.05) is 4.90 Å². The Kier molecular flexibility index (Phi) is 7.92.